The highest BCUT2D eigenvalue weighted by Gasteiger charge is 2.49. The molecule has 6 N–H and O–H groups in total. The summed E-state index contributed by atoms with van der Waals surface area (Å²) >= 11 is 0. The van der Waals surface area contributed by atoms with Gasteiger partial charge in [0.1, 0.15) is 36.6 Å². The van der Waals surface area contributed by atoms with Gasteiger partial charge >= 0.3 is 0 Å². The Morgan fingerprint density at radius 3 is 2.55 bits per heavy atom. The Balaban J connectivity index is 1.45. The van der Waals surface area contributed by atoms with Crippen LogP contribution in [0.3, 0.4) is 0 Å². The molecule has 0 spiro atoms. The summed E-state index contributed by atoms with van der Waals surface area (Å²) < 4.78 is 41.9. The summed E-state index contributed by atoms with van der Waals surface area (Å²) in [5, 5.41) is 47.9. The quantitative estimate of drug-likeness (QED) is 0.159. The minimum atomic E-state index is -4.21. The Hall–Kier alpha value is -1.94. The summed E-state index contributed by atoms with van der Waals surface area (Å²) in [6.45, 7) is 3.44. The van der Waals surface area contributed by atoms with Gasteiger partial charge in [0, 0.05) is 12.5 Å². The van der Waals surface area contributed by atoms with E-state index in [9.17, 15) is 33.6 Å². The molecule has 2 fully saturated rings. The first-order valence-electron chi connectivity index (χ1n) is 12.6. The van der Waals surface area contributed by atoms with Crippen LogP contribution in [0.25, 0.3) is 0 Å². The van der Waals surface area contributed by atoms with Crippen LogP contribution < -0.4 is 10.6 Å². The lowest BCUT2D eigenvalue weighted by Gasteiger charge is -2.44. The summed E-state index contributed by atoms with van der Waals surface area (Å²) in [6.07, 6.45) is -4.90. The molecule has 0 radical (unpaired) electrons. The van der Waals surface area contributed by atoms with Gasteiger partial charge in [-0.25, -0.2) is 0 Å². The molecule has 3 aliphatic heterocycles. The third kappa shape index (κ3) is 6.27. The lowest BCUT2D eigenvalue weighted by Crippen LogP contribution is -2.67. The fraction of sp³-hybridized carbons (Fsp3) is 0.640. The number of carbonyl (C=O) groups excluding carboxylic acids is 1. The zero-order valence-electron chi connectivity index (χ0n) is 21.2. The molecule has 4 rings (SSSR count). The molecule has 12 nitrogen and oxygen atoms in total. The average molecular weight is 557 g/mol. The van der Waals surface area contributed by atoms with Crippen LogP contribution >= 0.6 is 0 Å². The molecule has 3 aliphatic rings. The predicted molar refractivity (Wildman–Crippen MR) is 133 cm³/mol. The largest absolute Gasteiger partial charge is 0.391 e. The molecule has 212 valence electrons. The van der Waals surface area contributed by atoms with Crippen molar-refractivity contribution < 1.29 is 47.3 Å². The Kier molecular flexibility index (Phi) is 9.22. The summed E-state index contributed by atoms with van der Waals surface area (Å²) in [6, 6.07) is 4.04. The van der Waals surface area contributed by atoms with Crippen molar-refractivity contribution in [1.82, 2.24) is 10.6 Å². The fourth-order valence-electron chi connectivity index (χ4n) is 5.06. The minimum Gasteiger partial charge on any atom is -0.391 e. The van der Waals surface area contributed by atoms with E-state index in [4.69, 9.17) is 13.7 Å². The second-order valence-electron chi connectivity index (χ2n) is 10.1. The van der Waals surface area contributed by atoms with E-state index in [0.717, 1.165) is 12.0 Å². The molecule has 1 aromatic carbocycles. The third-order valence-corrected chi connectivity index (χ3v) is 8.59. The zero-order valence-corrected chi connectivity index (χ0v) is 22.0. The van der Waals surface area contributed by atoms with E-state index in [2.05, 4.69) is 10.6 Å². The van der Waals surface area contributed by atoms with Crippen LogP contribution in [-0.4, -0.2) is 109 Å². The van der Waals surface area contributed by atoms with Gasteiger partial charge < -0.3 is 40.5 Å². The number of ether oxygens (including phenoxy) is 2. The van der Waals surface area contributed by atoms with Crippen LogP contribution in [0.15, 0.2) is 41.3 Å². The van der Waals surface area contributed by atoms with Crippen molar-refractivity contribution >= 4 is 16.0 Å². The van der Waals surface area contributed by atoms with Gasteiger partial charge in [0.25, 0.3) is 10.1 Å². The van der Waals surface area contributed by atoms with E-state index in [-0.39, 0.29) is 10.8 Å². The maximum absolute atomic E-state index is 13.2. The van der Waals surface area contributed by atoms with Crippen molar-refractivity contribution in [3.05, 3.63) is 42.0 Å². The van der Waals surface area contributed by atoms with E-state index in [1.807, 2.05) is 12.2 Å². The highest BCUT2D eigenvalue weighted by atomic mass is 32.2. The number of aliphatic hydroxyl groups is 4. The van der Waals surface area contributed by atoms with Gasteiger partial charge in [0.15, 0.2) is 0 Å². The second kappa shape index (κ2) is 12.1. The van der Waals surface area contributed by atoms with Crippen LogP contribution in [-0.2, 0) is 28.6 Å². The monoisotopic (exact) mass is 556 g/mol. The Morgan fingerprint density at radius 2 is 1.87 bits per heavy atom. The van der Waals surface area contributed by atoms with Crippen molar-refractivity contribution in [2.24, 2.45) is 5.92 Å². The highest BCUT2D eigenvalue weighted by molar-refractivity contribution is 7.86. The molecule has 1 amide bonds. The normalized spacial score (nSPS) is 35.2. The number of hydrogen-bond acceptors (Lipinski definition) is 11. The third-order valence-electron chi connectivity index (χ3n) is 7.29. The summed E-state index contributed by atoms with van der Waals surface area (Å²) in [7, 11) is -4.21. The standard InChI is InChI=1S/C25H36N2O10S/c1-13-6-8-16(9-7-13)38(33,34)36-12-17-20(29)21(30)22(31)24(37-17)18(14(2)28)27-25(32)19-23-15(11-26-19)5-3-4-10-35-23/h3-4,6-9,14-15,17-24,26,28-31H,5,10-12H2,1-2H3,(H,27,32)/t14-,15+,17?,18-,19?,20?,21?,22?,23?,24?/m1/s1. The van der Waals surface area contributed by atoms with Gasteiger partial charge in [-0.1, -0.05) is 29.8 Å². The van der Waals surface area contributed by atoms with Gasteiger partial charge in [-0.05, 0) is 32.4 Å². The lowest BCUT2D eigenvalue weighted by atomic mass is 9.89. The predicted octanol–water partition coefficient (Wildman–Crippen LogP) is -1.65. The summed E-state index contributed by atoms with van der Waals surface area (Å²) in [5.41, 5.74) is 0.853. The number of benzene rings is 1. The van der Waals surface area contributed by atoms with E-state index in [0.29, 0.717) is 13.2 Å². The van der Waals surface area contributed by atoms with E-state index < -0.39 is 77.4 Å². The number of aliphatic hydroxyl groups excluding tert-OH is 4. The number of nitrogens with one attached hydrogen (secondary N) is 2. The molecule has 1 aromatic rings. The molecule has 2 saturated heterocycles. The molecule has 0 aliphatic carbocycles. The van der Waals surface area contributed by atoms with Crippen LogP contribution in [0.5, 0.6) is 0 Å². The number of amides is 1. The molecular weight excluding hydrogens is 520 g/mol. The Labute approximate surface area is 221 Å². The molecule has 38 heavy (non-hydrogen) atoms. The van der Waals surface area contributed by atoms with Gasteiger partial charge in [-0.3, -0.25) is 8.98 Å². The van der Waals surface area contributed by atoms with Crippen LogP contribution in [0, 0.1) is 12.8 Å². The van der Waals surface area contributed by atoms with Crippen LogP contribution in [0.4, 0.5) is 0 Å². The van der Waals surface area contributed by atoms with Gasteiger partial charge in [-0.2, -0.15) is 8.42 Å². The summed E-state index contributed by atoms with van der Waals surface area (Å²) in [5.74, 6) is -0.392. The molecular formula is C25H36N2O10S. The molecule has 13 heteroatoms. The Bertz CT molecular complexity index is 1100. The highest BCUT2D eigenvalue weighted by Crippen LogP contribution is 2.28. The number of carbonyl (C=O) groups is 1. The first-order chi connectivity index (χ1) is 18.0. The SMILES string of the molecule is Cc1ccc(S(=O)(=O)OCC2OC([C@H](NC(=O)C3NC[C@@H]4CC=CCOC34)[C@@H](C)O)C(O)C(O)C2O)cc1. The lowest BCUT2D eigenvalue weighted by molar-refractivity contribution is -0.238. The molecule has 0 aromatic heterocycles. The zero-order chi connectivity index (χ0) is 27.6. The first-order valence-corrected chi connectivity index (χ1v) is 14.0. The minimum absolute atomic E-state index is 0.0972. The average Bonchev–Trinajstić information content (AvgIpc) is 3.14. The number of aryl methyl sites for hydroxylation is 1. The molecule has 7 unspecified atom stereocenters. The summed E-state index contributed by atoms with van der Waals surface area (Å²) in [4.78, 5) is 13.1. The van der Waals surface area contributed by atoms with Crippen molar-refractivity contribution in [3.63, 3.8) is 0 Å². The van der Waals surface area contributed by atoms with E-state index in [1.54, 1.807) is 19.1 Å². The smallest absolute Gasteiger partial charge is 0.297 e. The molecule has 0 saturated carbocycles. The van der Waals surface area contributed by atoms with E-state index in [1.165, 1.54) is 19.1 Å². The van der Waals surface area contributed by atoms with Crippen molar-refractivity contribution in [1.29, 1.82) is 0 Å². The number of allylic oxidation sites excluding steroid dienone is 1. The van der Waals surface area contributed by atoms with Crippen LogP contribution in [0.1, 0.15) is 18.9 Å². The van der Waals surface area contributed by atoms with Crippen molar-refractivity contribution in [2.45, 2.75) is 80.0 Å². The topological polar surface area (TPSA) is 184 Å². The fourth-order valence-corrected chi connectivity index (χ4v) is 5.97. The first kappa shape index (κ1) is 29.1. The van der Waals surface area contributed by atoms with Gasteiger partial charge in [0.05, 0.1) is 36.4 Å². The maximum atomic E-state index is 13.2. The molecule has 3 heterocycles. The van der Waals surface area contributed by atoms with E-state index >= 15 is 0 Å². The number of hydrogen-bond donors (Lipinski definition) is 6. The van der Waals surface area contributed by atoms with Gasteiger partial charge in [-0.15, -0.1) is 0 Å². The van der Waals surface area contributed by atoms with Gasteiger partial charge in [0.2, 0.25) is 5.91 Å². The molecule has 0 bridgehead atoms. The van der Waals surface area contributed by atoms with Crippen molar-refractivity contribution in [3.8, 4) is 0 Å². The Morgan fingerprint density at radius 1 is 1.16 bits per heavy atom. The maximum Gasteiger partial charge on any atom is 0.297 e. The second-order valence-corrected chi connectivity index (χ2v) is 11.7. The van der Waals surface area contributed by atoms with Crippen LogP contribution in [0.2, 0.25) is 0 Å². The van der Waals surface area contributed by atoms with Crippen molar-refractivity contribution in [2.75, 3.05) is 19.8 Å². The number of fused-ring (bicyclic) bond motifs is 1. The molecule has 10 atom stereocenters. The number of rotatable bonds is 8.